The van der Waals surface area contributed by atoms with Crippen molar-refractivity contribution in [3.8, 4) is 0 Å². The van der Waals surface area contributed by atoms with E-state index in [1.807, 2.05) is 14.1 Å². The molecule has 0 saturated heterocycles. The highest BCUT2D eigenvalue weighted by Crippen LogP contribution is 2.58. The van der Waals surface area contributed by atoms with Crippen molar-refractivity contribution in [3.05, 3.63) is 51.7 Å². The van der Waals surface area contributed by atoms with Gasteiger partial charge in [-0.05, 0) is 32.3 Å². The molecule has 0 bridgehead atoms. The molecule has 0 aliphatic carbocycles. The zero-order valence-corrected chi connectivity index (χ0v) is 15.2. The zero-order valence-electron chi connectivity index (χ0n) is 15.2. The number of ether oxygens (including phenoxy) is 1. The summed E-state index contributed by atoms with van der Waals surface area (Å²) in [6, 6.07) is 4.33. The number of amides is 1. The summed E-state index contributed by atoms with van der Waals surface area (Å²) in [7, 11) is 4.09. The Hall–Kier alpha value is -2.43. The molecular weight excluding hydrogens is 314 g/mol. The molecule has 5 rings (SSSR count). The van der Waals surface area contributed by atoms with Gasteiger partial charge in [-0.15, -0.1) is 0 Å². The molecule has 0 fully saturated rings. The van der Waals surface area contributed by atoms with Crippen LogP contribution in [-0.4, -0.2) is 42.9 Å². The Morgan fingerprint density at radius 3 is 2.24 bits per heavy atom. The third kappa shape index (κ3) is 1.61. The molecule has 0 unspecified atom stereocenters. The Morgan fingerprint density at radius 2 is 1.64 bits per heavy atom. The number of benzene rings is 1. The Labute approximate surface area is 147 Å². The van der Waals surface area contributed by atoms with Crippen LogP contribution in [0.5, 0.6) is 0 Å². The smallest absolute Gasteiger partial charge is 0.243 e. The molecule has 0 saturated carbocycles. The molecular formula is C20H23N3O2. The molecule has 4 aliphatic heterocycles. The molecule has 5 heteroatoms. The van der Waals surface area contributed by atoms with Crippen molar-refractivity contribution in [1.29, 1.82) is 0 Å². The lowest BCUT2D eigenvalue weighted by Gasteiger charge is -2.36. The van der Waals surface area contributed by atoms with Crippen molar-refractivity contribution in [1.82, 2.24) is 9.80 Å². The highest BCUT2D eigenvalue weighted by atomic mass is 16.5. The van der Waals surface area contributed by atoms with Gasteiger partial charge in [0.05, 0.1) is 0 Å². The number of anilines is 1. The molecule has 25 heavy (non-hydrogen) atoms. The molecule has 0 radical (unpaired) electrons. The van der Waals surface area contributed by atoms with Crippen LogP contribution in [-0.2, 0) is 14.9 Å². The van der Waals surface area contributed by atoms with Crippen molar-refractivity contribution in [2.45, 2.75) is 32.1 Å². The Bertz CT molecular complexity index is 862. The molecule has 4 aliphatic rings. The number of carbonyl (C=O) groups is 1. The van der Waals surface area contributed by atoms with Gasteiger partial charge in [-0.3, -0.25) is 4.79 Å². The van der Waals surface area contributed by atoms with Crippen molar-refractivity contribution in [2.75, 3.05) is 32.5 Å². The van der Waals surface area contributed by atoms with Gasteiger partial charge in [-0.25, -0.2) is 0 Å². The van der Waals surface area contributed by atoms with Crippen LogP contribution in [0.15, 0.2) is 35.0 Å². The van der Waals surface area contributed by atoms with E-state index < -0.39 is 5.41 Å². The van der Waals surface area contributed by atoms with E-state index in [1.54, 1.807) is 0 Å². The SMILES string of the molecule is Cc1cc(C)c2c(c1)C1(C(=O)N2)C2=C(OC3=C1CCN3C)N(C)CC2. The fraction of sp³-hybridized carbons (Fsp3) is 0.450. The number of hydrogen-bond donors (Lipinski definition) is 1. The summed E-state index contributed by atoms with van der Waals surface area (Å²) in [4.78, 5) is 17.8. The number of carbonyl (C=O) groups excluding carboxylic acids is 1. The molecule has 0 atom stereocenters. The standard InChI is InChI=1S/C20H23N3O2/c1-11-9-12(2)16-15(10-11)20(19(24)21-16)13-5-7-22(3)17(13)25-18-14(20)6-8-23(18)4/h9-10H,5-8H2,1-4H3,(H,21,24). The van der Waals surface area contributed by atoms with E-state index in [9.17, 15) is 4.79 Å². The van der Waals surface area contributed by atoms with Gasteiger partial charge in [0, 0.05) is 49.6 Å². The average Bonchev–Trinajstić information content (AvgIpc) is 3.20. The van der Waals surface area contributed by atoms with Crippen LogP contribution in [0.4, 0.5) is 5.69 Å². The topological polar surface area (TPSA) is 44.8 Å². The predicted molar refractivity (Wildman–Crippen MR) is 95.9 cm³/mol. The lowest BCUT2D eigenvalue weighted by atomic mass is 9.67. The molecule has 130 valence electrons. The molecule has 1 amide bonds. The molecule has 1 spiro atoms. The maximum absolute atomic E-state index is 13.5. The first-order valence-electron chi connectivity index (χ1n) is 8.95. The largest absolute Gasteiger partial charge is 0.425 e. The molecule has 4 heterocycles. The zero-order chi connectivity index (χ0) is 17.5. The quantitative estimate of drug-likeness (QED) is 0.790. The van der Waals surface area contributed by atoms with Gasteiger partial charge in [0.25, 0.3) is 0 Å². The third-order valence-electron chi connectivity index (χ3n) is 6.17. The van der Waals surface area contributed by atoms with Gasteiger partial charge in [-0.2, -0.15) is 0 Å². The van der Waals surface area contributed by atoms with Gasteiger partial charge < -0.3 is 19.9 Å². The van der Waals surface area contributed by atoms with E-state index in [1.165, 1.54) is 5.56 Å². The van der Waals surface area contributed by atoms with Crippen molar-refractivity contribution >= 4 is 11.6 Å². The van der Waals surface area contributed by atoms with Gasteiger partial charge in [0.2, 0.25) is 5.91 Å². The number of aryl methyl sites for hydroxylation is 2. The second-order valence-electron chi connectivity index (χ2n) is 7.72. The fourth-order valence-electron chi connectivity index (χ4n) is 5.04. The van der Waals surface area contributed by atoms with Crippen LogP contribution < -0.4 is 5.32 Å². The summed E-state index contributed by atoms with van der Waals surface area (Å²) in [6.07, 6.45) is 1.73. The van der Waals surface area contributed by atoms with Gasteiger partial charge in [0.1, 0.15) is 5.41 Å². The number of nitrogens with zero attached hydrogens (tertiary/aromatic N) is 2. The molecule has 1 N–H and O–H groups in total. The van der Waals surface area contributed by atoms with Crippen molar-refractivity contribution in [2.24, 2.45) is 0 Å². The van der Waals surface area contributed by atoms with Crippen LogP contribution in [0.25, 0.3) is 0 Å². The molecule has 1 aromatic carbocycles. The summed E-state index contributed by atoms with van der Waals surface area (Å²) in [5.74, 6) is 1.83. The van der Waals surface area contributed by atoms with Crippen LogP contribution in [0.1, 0.15) is 29.5 Å². The highest BCUT2D eigenvalue weighted by Gasteiger charge is 2.59. The van der Waals surface area contributed by atoms with Crippen molar-refractivity contribution in [3.63, 3.8) is 0 Å². The summed E-state index contributed by atoms with van der Waals surface area (Å²) in [5, 5.41) is 3.21. The normalized spacial score (nSPS) is 23.1. The lowest BCUT2D eigenvalue weighted by molar-refractivity contribution is -0.119. The van der Waals surface area contributed by atoms with Crippen LogP contribution in [0, 0.1) is 13.8 Å². The summed E-state index contributed by atoms with van der Waals surface area (Å²) >= 11 is 0. The van der Waals surface area contributed by atoms with E-state index in [2.05, 4.69) is 41.1 Å². The van der Waals surface area contributed by atoms with E-state index >= 15 is 0 Å². The van der Waals surface area contributed by atoms with Crippen LogP contribution in [0.2, 0.25) is 0 Å². The first-order chi connectivity index (χ1) is 11.9. The second-order valence-corrected chi connectivity index (χ2v) is 7.72. The maximum atomic E-state index is 13.5. The summed E-state index contributed by atoms with van der Waals surface area (Å²) in [6.45, 7) is 5.97. The first kappa shape index (κ1) is 14.9. The molecule has 5 nitrogen and oxygen atoms in total. The summed E-state index contributed by atoms with van der Waals surface area (Å²) in [5.41, 5.74) is 6.00. The second kappa shape index (κ2) is 4.59. The number of rotatable bonds is 0. The third-order valence-corrected chi connectivity index (χ3v) is 6.17. The molecule has 1 aromatic rings. The highest BCUT2D eigenvalue weighted by molar-refractivity contribution is 6.12. The van der Waals surface area contributed by atoms with Crippen LogP contribution in [0.3, 0.4) is 0 Å². The summed E-state index contributed by atoms with van der Waals surface area (Å²) < 4.78 is 6.30. The van der Waals surface area contributed by atoms with E-state index in [-0.39, 0.29) is 5.91 Å². The van der Waals surface area contributed by atoms with Gasteiger partial charge in [-0.1, -0.05) is 17.7 Å². The number of hydrogen-bond acceptors (Lipinski definition) is 4. The van der Waals surface area contributed by atoms with Gasteiger partial charge >= 0.3 is 0 Å². The Kier molecular flexibility index (Phi) is 2.73. The number of nitrogens with one attached hydrogen (secondary N) is 1. The van der Waals surface area contributed by atoms with E-state index in [4.69, 9.17) is 4.74 Å². The minimum absolute atomic E-state index is 0.0881. The van der Waals surface area contributed by atoms with E-state index in [0.717, 1.165) is 65.7 Å². The van der Waals surface area contributed by atoms with Gasteiger partial charge in [0.15, 0.2) is 11.8 Å². The Morgan fingerprint density at radius 1 is 1.04 bits per heavy atom. The maximum Gasteiger partial charge on any atom is 0.243 e. The number of fused-ring (bicyclic) bond motifs is 4. The van der Waals surface area contributed by atoms with Crippen molar-refractivity contribution < 1.29 is 9.53 Å². The monoisotopic (exact) mass is 337 g/mol. The van der Waals surface area contributed by atoms with E-state index in [0.29, 0.717) is 0 Å². The fourth-order valence-corrected chi connectivity index (χ4v) is 5.04. The average molecular weight is 337 g/mol. The lowest BCUT2D eigenvalue weighted by Crippen LogP contribution is -2.41. The minimum Gasteiger partial charge on any atom is -0.425 e. The predicted octanol–water partition coefficient (Wildman–Crippen LogP) is 2.62. The Balaban J connectivity index is 1.87. The van der Waals surface area contributed by atoms with Crippen LogP contribution >= 0.6 is 0 Å². The minimum atomic E-state index is -0.690. The molecule has 0 aromatic heterocycles. The first-order valence-corrected chi connectivity index (χ1v) is 8.95.